The van der Waals surface area contributed by atoms with Crippen molar-refractivity contribution >= 4 is 5.91 Å². The zero-order valence-corrected chi connectivity index (χ0v) is 16.1. The highest BCUT2D eigenvalue weighted by molar-refractivity contribution is 5.95. The number of hydrogen-bond donors (Lipinski definition) is 2. The summed E-state index contributed by atoms with van der Waals surface area (Å²) in [6, 6.07) is 9.94. The molecule has 1 aliphatic heterocycles. The quantitative estimate of drug-likeness (QED) is 0.691. The second-order valence-electron chi connectivity index (χ2n) is 7.18. The maximum atomic E-state index is 12.7. The Labute approximate surface area is 164 Å². The molecular weight excluding hydrogens is 352 g/mol. The van der Waals surface area contributed by atoms with Crippen LogP contribution in [0.5, 0.6) is 0 Å². The average Bonchev–Trinajstić information content (AvgIpc) is 3.39. The number of piperidine rings is 1. The van der Waals surface area contributed by atoms with Crippen LogP contribution in [0.2, 0.25) is 0 Å². The van der Waals surface area contributed by atoms with E-state index < -0.39 is 0 Å². The molecule has 0 aliphatic carbocycles. The number of aromatic amines is 1. The molecule has 2 N–H and O–H groups in total. The lowest BCUT2D eigenvalue weighted by Gasteiger charge is -2.31. The van der Waals surface area contributed by atoms with Crippen LogP contribution in [0.4, 0.5) is 0 Å². The molecule has 1 fully saturated rings. The van der Waals surface area contributed by atoms with E-state index in [1.807, 2.05) is 54.3 Å². The van der Waals surface area contributed by atoms with Crippen LogP contribution in [-0.2, 0) is 6.54 Å². The number of H-pyrrole nitrogens is 1. The van der Waals surface area contributed by atoms with E-state index in [-0.39, 0.29) is 11.8 Å². The van der Waals surface area contributed by atoms with Gasteiger partial charge in [-0.3, -0.25) is 9.69 Å². The third kappa shape index (κ3) is 3.99. The summed E-state index contributed by atoms with van der Waals surface area (Å²) in [5.41, 5.74) is 2.53. The van der Waals surface area contributed by atoms with Gasteiger partial charge >= 0.3 is 0 Å². The minimum absolute atomic E-state index is 0.0529. The molecule has 7 nitrogen and oxygen atoms in total. The van der Waals surface area contributed by atoms with Gasteiger partial charge in [0.2, 0.25) is 0 Å². The van der Waals surface area contributed by atoms with Gasteiger partial charge in [0.05, 0.1) is 23.5 Å². The number of hydrogen-bond acceptors (Lipinski definition) is 4. The molecule has 1 aliphatic rings. The third-order valence-electron chi connectivity index (χ3n) is 5.17. The average molecular weight is 378 g/mol. The minimum atomic E-state index is -0.0529. The summed E-state index contributed by atoms with van der Waals surface area (Å²) >= 11 is 0. The van der Waals surface area contributed by atoms with Crippen LogP contribution in [0.3, 0.4) is 0 Å². The number of carbonyl (C=O) groups excluding carboxylic acids is 1. The normalized spacial score (nSPS) is 17.5. The van der Waals surface area contributed by atoms with E-state index in [1.54, 1.807) is 6.20 Å². The lowest BCUT2D eigenvalue weighted by Crippen LogP contribution is -2.35. The Kier molecular flexibility index (Phi) is 5.53. The Morgan fingerprint density at radius 2 is 2.18 bits per heavy atom. The number of carbonyl (C=O) groups is 1. The number of likely N-dealkylation sites (tertiary alicyclic amines) is 1. The van der Waals surface area contributed by atoms with Crippen LogP contribution in [-0.4, -0.2) is 50.2 Å². The molecule has 2 aromatic heterocycles. The molecule has 7 heteroatoms. The lowest BCUT2D eigenvalue weighted by molar-refractivity contribution is 0.0953. The SMILES string of the molecule is CCNC(=O)c1cn(-c2ccccc2)nc1[C@@H]1CCCN(Cc2ncc[nH]2)C1. The van der Waals surface area contributed by atoms with Crippen molar-refractivity contribution in [3.63, 3.8) is 0 Å². The van der Waals surface area contributed by atoms with E-state index in [9.17, 15) is 4.79 Å². The van der Waals surface area contributed by atoms with E-state index in [1.165, 1.54) is 0 Å². The summed E-state index contributed by atoms with van der Waals surface area (Å²) in [5.74, 6) is 1.15. The first-order valence-electron chi connectivity index (χ1n) is 9.88. The highest BCUT2D eigenvalue weighted by atomic mass is 16.1. The lowest BCUT2D eigenvalue weighted by atomic mass is 9.92. The summed E-state index contributed by atoms with van der Waals surface area (Å²) in [6.07, 6.45) is 7.61. The van der Waals surface area contributed by atoms with Crippen LogP contribution in [0.15, 0.2) is 48.9 Å². The van der Waals surface area contributed by atoms with Gasteiger partial charge in [-0.05, 0) is 38.4 Å². The van der Waals surface area contributed by atoms with Crippen molar-refractivity contribution in [3.05, 3.63) is 66.0 Å². The second kappa shape index (κ2) is 8.39. The van der Waals surface area contributed by atoms with Crippen molar-refractivity contribution in [2.45, 2.75) is 32.2 Å². The molecule has 0 unspecified atom stereocenters. The molecule has 1 atom stereocenters. The van der Waals surface area contributed by atoms with Gasteiger partial charge in [-0.1, -0.05) is 18.2 Å². The second-order valence-corrected chi connectivity index (χ2v) is 7.18. The van der Waals surface area contributed by atoms with Gasteiger partial charge in [0.15, 0.2) is 0 Å². The molecular formula is C21H26N6O. The Morgan fingerprint density at radius 1 is 1.32 bits per heavy atom. The fourth-order valence-electron chi connectivity index (χ4n) is 3.85. The molecule has 0 spiro atoms. The van der Waals surface area contributed by atoms with Crippen molar-refractivity contribution < 1.29 is 4.79 Å². The zero-order valence-electron chi connectivity index (χ0n) is 16.1. The summed E-state index contributed by atoms with van der Waals surface area (Å²) in [5, 5.41) is 7.78. The first kappa shape index (κ1) is 18.4. The van der Waals surface area contributed by atoms with Crippen molar-refractivity contribution in [2.75, 3.05) is 19.6 Å². The Morgan fingerprint density at radius 3 is 2.93 bits per heavy atom. The van der Waals surface area contributed by atoms with E-state index in [0.717, 1.165) is 49.7 Å². The van der Waals surface area contributed by atoms with Crippen LogP contribution in [0.1, 0.15) is 47.6 Å². The summed E-state index contributed by atoms with van der Waals surface area (Å²) in [7, 11) is 0. The Hall–Kier alpha value is -2.93. The van der Waals surface area contributed by atoms with E-state index in [4.69, 9.17) is 5.10 Å². The van der Waals surface area contributed by atoms with Gasteiger partial charge in [0.1, 0.15) is 5.82 Å². The molecule has 0 bridgehead atoms. The van der Waals surface area contributed by atoms with E-state index >= 15 is 0 Å². The number of nitrogens with zero attached hydrogens (tertiary/aromatic N) is 4. The van der Waals surface area contributed by atoms with Crippen molar-refractivity contribution in [1.29, 1.82) is 0 Å². The topological polar surface area (TPSA) is 78.8 Å². The molecule has 1 amide bonds. The first-order chi connectivity index (χ1) is 13.7. The van der Waals surface area contributed by atoms with Crippen molar-refractivity contribution in [2.24, 2.45) is 0 Å². The number of aromatic nitrogens is 4. The fraction of sp³-hybridized carbons (Fsp3) is 0.381. The molecule has 1 aromatic carbocycles. The van der Waals surface area contributed by atoms with Gasteiger partial charge < -0.3 is 10.3 Å². The molecule has 0 saturated carbocycles. The molecule has 28 heavy (non-hydrogen) atoms. The number of benzene rings is 1. The summed E-state index contributed by atoms with van der Waals surface area (Å²) in [4.78, 5) is 22.6. The predicted molar refractivity (Wildman–Crippen MR) is 107 cm³/mol. The van der Waals surface area contributed by atoms with Crippen LogP contribution in [0.25, 0.3) is 5.69 Å². The number of amides is 1. The van der Waals surface area contributed by atoms with Crippen molar-refractivity contribution in [3.8, 4) is 5.69 Å². The van der Waals surface area contributed by atoms with Gasteiger partial charge in [-0.2, -0.15) is 5.10 Å². The Bertz CT molecular complexity index is 902. The molecule has 146 valence electrons. The molecule has 1 saturated heterocycles. The minimum Gasteiger partial charge on any atom is -0.352 e. The van der Waals surface area contributed by atoms with Crippen LogP contribution >= 0.6 is 0 Å². The summed E-state index contributed by atoms with van der Waals surface area (Å²) in [6.45, 7) is 5.24. The summed E-state index contributed by atoms with van der Waals surface area (Å²) < 4.78 is 1.82. The number of nitrogens with one attached hydrogen (secondary N) is 2. The van der Waals surface area contributed by atoms with E-state index in [2.05, 4.69) is 20.2 Å². The van der Waals surface area contributed by atoms with Gasteiger partial charge in [-0.25, -0.2) is 9.67 Å². The van der Waals surface area contributed by atoms with Crippen molar-refractivity contribution in [1.82, 2.24) is 30.0 Å². The fourth-order valence-corrected chi connectivity index (χ4v) is 3.85. The monoisotopic (exact) mass is 378 g/mol. The van der Waals surface area contributed by atoms with E-state index in [0.29, 0.717) is 12.1 Å². The third-order valence-corrected chi connectivity index (χ3v) is 5.17. The maximum Gasteiger partial charge on any atom is 0.254 e. The standard InChI is InChI=1S/C21H26N6O/c1-2-22-21(28)18-14-27(17-8-4-3-5-9-17)25-20(18)16-7-6-12-26(13-16)15-19-23-10-11-24-19/h3-5,8-11,14,16H,2,6-7,12-13,15H2,1H3,(H,22,28)(H,23,24)/t16-/m1/s1. The predicted octanol–water partition coefficient (Wildman–Crippen LogP) is 2.72. The maximum absolute atomic E-state index is 12.7. The molecule has 3 aromatic rings. The highest BCUT2D eigenvalue weighted by Gasteiger charge is 2.28. The number of para-hydroxylation sites is 1. The van der Waals surface area contributed by atoms with Crippen LogP contribution < -0.4 is 5.32 Å². The number of rotatable bonds is 6. The van der Waals surface area contributed by atoms with Gasteiger partial charge in [0.25, 0.3) is 5.91 Å². The molecule has 4 rings (SSSR count). The zero-order chi connectivity index (χ0) is 19.3. The molecule has 3 heterocycles. The molecule has 0 radical (unpaired) electrons. The largest absolute Gasteiger partial charge is 0.352 e. The number of imidazole rings is 1. The smallest absolute Gasteiger partial charge is 0.254 e. The van der Waals surface area contributed by atoms with Gasteiger partial charge in [-0.15, -0.1) is 0 Å². The first-order valence-corrected chi connectivity index (χ1v) is 9.88. The van der Waals surface area contributed by atoms with Gasteiger partial charge in [0, 0.05) is 37.6 Å². The van der Waals surface area contributed by atoms with Crippen LogP contribution in [0, 0.1) is 0 Å². The highest BCUT2D eigenvalue weighted by Crippen LogP contribution is 2.29. The Balaban J connectivity index is 1.61.